The van der Waals surface area contributed by atoms with Crippen molar-refractivity contribution in [3.63, 3.8) is 0 Å². The molecular weight excluding hydrogens is 254 g/mol. The Morgan fingerprint density at radius 1 is 1.50 bits per heavy atom. The maximum atomic E-state index is 11.6. The third kappa shape index (κ3) is 3.43. The van der Waals surface area contributed by atoms with Crippen molar-refractivity contribution in [2.24, 2.45) is 5.92 Å². The molecule has 2 atom stereocenters. The van der Waals surface area contributed by atoms with Gasteiger partial charge in [0.05, 0.1) is 12.5 Å². The van der Waals surface area contributed by atoms with E-state index < -0.39 is 5.97 Å². The number of nitrogens with zero attached hydrogens (tertiary/aromatic N) is 1. The topological polar surface area (TPSA) is 91.3 Å². The molecule has 0 aliphatic heterocycles. The molecule has 1 fully saturated rings. The molecule has 1 aliphatic carbocycles. The van der Waals surface area contributed by atoms with Gasteiger partial charge in [-0.3, -0.25) is 4.79 Å². The van der Waals surface area contributed by atoms with Gasteiger partial charge in [-0.25, -0.2) is 9.78 Å². The monoisotopic (exact) mass is 269 g/mol. The van der Waals surface area contributed by atoms with Crippen molar-refractivity contribution < 1.29 is 14.7 Å². The second-order valence-corrected chi connectivity index (χ2v) is 5.28. The smallest absolute Gasteiger partial charge is 0.315 e. The number of thiazole rings is 1. The fourth-order valence-electron chi connectivity index (χ4n) is 2.07. The van der Waals surface area contributed by atoms with E-state index in [1.54, 1.807) is 6.20 Å². The van der Waals surface area contributed by atoms with E-state index in [9.17, 15) is 9.59 Å². The van der Waals surface area contributed by atoms with E-state index in [1.165, 1.54) is 11.3 Å². The highest BCUT2D eigenvalue weighted by Crippen LogP contribution is 2.25. The number of urea groups is 1. The number of rotatable bonds is 4. The van der Waals surface area contributed by atoms with Gasteiger partial charge in [0, 0.05) is 17.6 Å². The molecule has 98 valence electrons. The summed E-state index contributed by atoms with van der Waals surface area (Å²) >= 11 is 1.48. The Morgan fingerprint density at radius 3 is 2.94 bits per heavy atom. The van der Waals surface area contributed by atoms with Crippen LogP contribution in [0.25, 0.3) is 0 Å². The van der Waals surface area contributed by atoms with Crippen LogP contribution in [0.5, 0.6) is 0 Å². The standard InChI is InChI=1S/C11H15N3O3S/c15-10(16)7-1-2-8(5-7)14-11(17)13-6-9-12-3-4-18-9/h3-4,7-8H,1-2,5-6H2,(H,15,16)(H2,13,14,17). The van der Waals surface area contributed by atoms with Gasteiger partial charge >= 0.3 is 12.0 Å². The lowest BCUT2D eigenvalue weighted by molar-refractivity contribution is -0.141. The van der Waals surface area contributed by atoms with Crippen LogP contribution in [0.1, 0.15) is 24.3 Å². The first kappa shape index (κ1) is 12.8. The molecule has 0 bridgehead atoms. The van der Waals surface area contributed by atoms with Crippen molar-refractivity contribution in [2.75, 3.05) is 0 Å². The van der Waals surface area contributed by atoms with Gasteiger partial charge in [0.25, 0.3) is 0 Å². The molecule has 0 saturated heterocycles. The minimum atomic E-state index is -0.775. The number of carbonyl (C=O) groups is 2. The van der Waals surface area contributed by atoms with Gasteiger partial charge in [-0.2, -0.15) is 0 Å². The van der Waals surface area contributed by atoms with Gasteiger partial charge in [0.2, 0.25) is 0 Å². The van der Waals surface area contributed by atoms with Crippen LogP contribution in [0.2, 0.25) is 0 Å². The first-order valence-electron chi connectivity index (χ1n) is 5.80. The molecule has 0 spiro atoms. The SMILES string of the molecule is O=C(NCc1nccs1)NC1CCC(C(=O)O)C1. The third-order valence-corrected chi connectivity index (χ3v) is 3.78. The summed E-state index contributed by atoms with van der Waals surface area (Å²) in [5.74, 6) is -1.10. The number of carboxylic acids is 1. The van der Waals surface area contributed by atoms with Crippen LogP contribution < -0.4 is 10.6 Å². The first-order chi connectivity index (χ1) is 8.65. The third-order valence-electron chi connectivity index (χ3n) is 3.00. The number of hydrogen-bond acceptors (Lipinski definition) is 4. The molecular formula is C11H15N3O3S. The van der Waals surface area contributed by atoms with Crippen molar-refractivity contribution >= 4 is 23.3 Å². The number of carboxylic acid groups (broad SMARTS) is 1. The van der Waals surface area contributed by atoms with Gasteiger partial charge < -0.3 is 15.7 Å². The zero-order valence-electron chi connectivity index (χ0n) is 9.76. The number of aromatic nitrogens is 1. The first-order valence-corrected chi connectivity index (χ1v) is 6.68. The zero-order valence-corrected chi connectivity index (χ0v) is 10.6. The highest BCUT2D eigenvalue weighted by atomic mass is 32.1. The molecule has 0 radical (unpaired) electrons. The Balaban J connectivity index is 1.70. The molecule has 0 aromatic carbocycles. The summed E-state index contributed by atoms with van der Waals surface area (Å²) in [5.41, 5.74) is 0. The number of nitrogens with one attached hydrogen (secondary N) is 2. The van der Waals surface area contributed by atoms with Gasteiger partial charge in [0.15, 0.2) is 0 Å². The minimum absolute atomic E-state index is 0.0394. The van der Waals surface area contributed by atoms with Gasteiger partial charge in [-0.05, 0) is 19.3 Å². The molecule has 7 heteroatoms. The Kier molecular flexibility index (Phi) is 4.14. The quantitative estimate of drug-likeness (QED) is 0.765. The van der Waals surface area contributed by atoms with Crippen LogP contribution >= 0.6 is 11.3 Å². The Hall–Kier alpha value is -1.63. The van der Waals surface area contributed by atoms with Crippen LogP contribution in [-0.2, 0) is 11.3 Å². The number of hydrogen-bond donors (Lipinski definition) is 3. The van der Waals surface area contributed by atoms with E-state index in [0.29, 0.717) is 19.4 Å². The number of aliphatic carboxylic acids is 1. The summed E-state index contributed by atoms with van der Waals surface area (Å²) in [7, 11) is 0. The lowest BCUT2D eigenvalue weighted by Gasteiger charge is -2.12. The van der Waals surface area contributed by atoms with Crippen LogP contribution in [0.4, 0.5) is 4.79 Å². The number of amides is 2. The molecule has 3 N–H and O–H groups in total. The van der Waals surface area contributed by atoms with E-state index >= 15 is 0 Å². The maximum absolute atomic E-state index is 11.6. The van der Waals surface area contributed by atoms with Crippen molar-refractivity contribution in [1.29, 1.82) is 0 Å². The van der Waals surface area contributed by atoms with E-state index in [-0.39, 0.29) is 18.0 Å². The maximum Gasteiger partial charge on any atom is 0.315 e. The molecule has 1 aliphatic rings. The Morgan fingerprint density at radius 2 is 2.33 bits per heavy atom. The molecule has 2 amide bonds. The average molecular weight is 269 g/mol. The van der Waals surface area contributed by atoms with Crippen LogP contribution in [0.15, 0.2) is 11.6 Å². The zero-order chi connectivity index (χ0) is 13.0. The average Bonchev–Trinajstić information content (AvgIpc) is 2.96. The van der Waals surface area contributed by atoms with Crippen LogP contribution in [-0.4, -0.2) is 28.1 Å². The molecule has 18 heavy (non-hydrogen) atoms. The fraction of sp³-hybridized carbons (Fsp3) is 0.545. The predicted molar refractivity (Wildman–Crippen MR) is 66.3 cm³/mol. The van der Waals surface area contributed by atoms with E-state index in [2.05, 4.69) is 15.6 Å². The number of carbonyl (C=O) groups excluding carboxylic acids is 1. The van der Waals surface area contributed by atoms with Crippen molar-refractivity contribution in [2.45, 2.75) is 31.8 Å². The second kappa shape index (κ2) is 5.81. The summed E-state index contributed by atoms with van der Waals surface area (Å²) in [6, 6.07) is -0.302. The lowest BCUT2D eigenvalue weighted by atomic mass is 10.1. The van der Waals surface area contributed by atoms with Crippen LogP contribution in [0, 0.1) is 5.92 Å². The van der Waals surface area contributed by atoms with Crippen molar-refractivity contribution in [1.82, 2.24) is 15.6 Å². The second-order valence-electron chi connectivity index (χ2n) is 4.30. The predicted octanol–water partition coefficient (Wildman–Crippen LogP) is 1.20. The molecule has 6 nitrogen and oxygen atoms in total. The van der Waals surface area contributed by atoms with E-state index in [4.69, 9.17) is 5.11 Å². The summed E-state index contributed by atoms with van der Waals surface area (Å²) in [5, 5.41) is 17.1. The highest BCUT2D eigenvalue weighted by molar-refractivity contribution is 7.09. The van der Waals surface area contributed by atoms with Crippen molar-refractivity contribution in [3.05, 3.63) is 16.6 Å². The summed E-state index contributed by atoms with van der Waals surface area (Å²) in [6.07, 6.45) is 3.56. The van der Waals surface area contributed by atoms with Gasteiger partial charge in [-0.1, -0.05) is 0 Å². The van der Waals surface area contributed by atoms with Gasteiger partial charge in [0.1, 0.15) is 5.01 Å². The van der Waals surface area contributed by atoms with Crippen LogP contribution in [0.3, 0.4) is 0 Å². The molecule has 1 heterocycles. The summed E-state index contributed by atoms with van der Waals surface area (Å²) in [6.45, 7) is 0.401. The van der Waals surface area contributed by atoms with Gasteiger partial charge in [-0.15, -0.1) is 11.3 Å². The Bertz CT molecular complexity index is 421. The van der Waals surface area contributed by atoms with E-state index in [1.807, 2.05) is 5.38 Å². The molecule has 2 rings (SSSR count). The molecule has 1 aromatic heterocycles. The van der Waals surface area contributed by atoms with E-state index in [0.717, 1.165) is 11.4 Å². The van der Waals surface area contributed by atoms with Crippen molar-refractivity contribution in [3.8, 4) is 0 Å². The molecule has 1 aromatic rings. The lowest BCUT2D eigenvalue weighted by Crippen LogP contribution is -2.40. The highest BCUT2D eigenvalue weighted by Gasteiger charge is 2.30. The normalized spacial score (nSPS) is 22.7. The summed E-state index contributed by atoms with van der Waals surface area (Å²) < 4.78 is 0. The Labute approximate surface area is 108 Å². The minimum Gasteiger partial charge on any atom is -0.481 e. The largest absolute Gasteiger partial charge is 0.481 e. The fourth-order valence-corrected chi connectivity index (χ4v) is 2.63. The summed E-state index contributed by atoms with van der Waals surface area (Å²) in [4.78, 5) is 26.4. The molecule has 2 unspecified atom stereocenters. The molecule has 1 saturated carbocycles.